The number of nitrogens with zero attached hydrogens (tertiary/aromatic N) is 5. The van der Waals surface area contributed by atoms with Crippen molar-refractivity contribution in [2.24, 2.45) is 0 Å². The number of aromatic nitrogens is 3. The summed E-state index contributed by atoms with van der Waals surface area (Å²) in [5.74, 6) is -1.76. The van der Waals surface area contributed by atoms with Gasteiger partial charge in [0.1, 0.15) is 22.4 Å². The maximum absolute atomic E-state index is 15.8. The van der Waals surface area contributed by atoms with Gasteiger partial charge < -0.3 is 25.3 Å². The number of imidazole rings is 1. The second-order valence-electron chi connectivity index (χ2n) is 7.75. The molecule has 3 heterocycles. The molecule has 9 nitrogen and oxygen atoms in total. The summed E-state index contributed by atoms with van der Waals surface area (Å²) in [6, 6.07) is 0.905. The van der Waals surface area contributed by atoms with Gasteiger partial charge in [-0.1, -0.05) is 4.73 Å². The molecule has 0 unspecified atom stereocenters. The molecular formula is C18H20F2N6O3. The van der Waals surface area contributed by atoms with E-state index in [0.29, 0.717) is 26.2 Å². The van der Waals surface area contributed by atoms with E-state index in [2.05, 4.69) is 4.90 Å². The van der Waals surface area contributed by atoms with E-state index in [-0.39, 0.29) is 38.8 Å². The quantitative estimate of drug-likeness (QED) is 0.478. The SMILES string of the molecule is CN1CCN(c2c(F)c(N)c3c(c2F)n(C2CC2)c2cc(=O)n(O)c(=O)n32)CC1. The highest BCUT2D eigenvalue weighted by Crippen LogP contribution is 2.44. The molecule has 0 bridgehead atoms. The highest BCUT2D eigenvalue weighted by molar-refractivity contribution is 5.96. The number of fused-ring (bicyclic) bond motifs is 3. The number of piperazine rings is 1. The molecule has 3 N–H and O–H groups in total. The average molecular weight is 406 g/mol. The summed E-state index contributed by atoms with van der Waals surface area (Å²) in [6.07, 6.45) is 1.47. The second kappa shape index (κ2) is 5.96. The molecule has 3 aromatic rings. The van der Waals surface area contributed by atoms with Crippen LogP contribution in [0.5, 0.6) is 0 Å². The number of nitrogens with two attached hydrogens (primary N) is 1. The zero-order valence-corrected chi connectivity index (χ0v) is 15.7. The van der Waals surface area contributed by atoms with Crippen LogP contribution in [0.1, 0.15) is 18.9 Å². The summed E-state index contributed by atoms with van der Waals surface area (Å²) in [5.41, 5.74) is 3.27. The first-order chi connectivity index (χ1) is 13.8. The Bertz CT molecular complexity index is 1280. The van der Waals surface area contributed by atoms with Gasteiger partial charge in [0, 0.05) is 38.3 Å². The Morgan fingerprint density at radius 1 is 1.07 bits per heavy atom. The lowest BCUT2D eigenvalue weighted by Gasteiger charge is -2.34. The molecule has 1 aromatic carbocycles. The Kier molecular flexibility index (Phi) is 3.69. The second-order valence-corrected chi connectivity index (χ2v) is 7.75. The summed E-state index contributed by atoms with van der Waals surface area (Å²) < 4.78 is 33.4. The monoisotopic (exact) mass is 406 g/mol. The number of nitrogen functional groups attached to an aromatic ring is 1. The third-order valence-corrected chi connectivity index (χ3v) is 5.85. The van der Waals surface area contributed by atoms with Gasteiger partial charge in [-0.2, -0.15) is 0 Å². The van der Waals surface area contributed by atoms with Crippen molar-refractivity contribution in [2.75, 3.05) is 43.9 Å². The maximum atomic E-state index is 15.8. The lowest BCUT2D eigenvalue weighted by molar-refractivity contribution is 0.159. The molecule has 1 saturated heterocycles. The molecule has 2 aliphatic rings. The summed E-state index contributed by atoms with van der Waals surface area (Å²) in [6.45, 7) is 2.15. The summed E-state index contributed by atoms with van der Waals surface area (Å²) >= 11 is 0. The van der Waals surface area contributed by atoms with Crippen molar-refractivity contribution in [1.82, 2.24) is 18.6 Å². The van der Waals surface area contributed by atoms with Crippen molar-refractivity contribution in [3.05, 3.63) is 38.5 Å². The lowest BCUT2D eigenvalue weighted by Crippen LogP contribution is -2.45. The number of anilines is 2. The molecule has 1 aliphatic heterocycles. The van der Waals surface area contributed by atoms with Crippen LogP contribution in [0.25, 0.3) is 16.7 Å². The van der Waals surface area contributed by atoms with Crippen LogP contribution in [0.4, 0.5) is 20.2 Å². The standard InChI is InChI=1S/C18H20F2N6O3/c1-22-4-6-23(7-5-22)15-12(19)14(21)17-16(13(15)20)24(9-2-3-9)10-8-11(27)26(29)18(28)25(10)17/h8-9,29H,2-7,21H2,1H3. The van der Waals surface area contributed by atoms with E-state index in [0.717, 1.165) is 23.3 Å². The molecule has 1 saturated carbocycles. The first kappa shape index (κ1) is 18.0. The van der Waals surface area contributed by atoms with Crippen LogP contribution in [-0.2, 0) is 0 Å². The van der Waals surface area contributed by atoms with Crippen LogP contribution < -0.4 is 21.9 Å². The molecule has 2 aromatic heterocycles. The van der Waals surface area contributed by atoms with Crippen molar-refractivity contribution in [3.8, 4) is 0 Å². The molecule has 29 heavy (non-hydrogen) atoms. The zero-order chi connectivity index (χ0) is 20.6. The van der Waals surface area contributed by atoms with Crippen LogP contribution in [0.15, 0.2) is 15.7 Å². The first-order valence-electron chi connectivity index (χ1n) is 9.43. The number of benzene rings is 1. The number of halogens is 2. The Labute approximate surface area is 162 Å². The van der Waals surface area contributed by atoms with E-state index in [9.17, 15) is 14.8 Å². The molecule has 0 radical (unpaired) electrons. The van der Waals surface area contributed by atoms with Gasteiger partial charge in [0.15, 0.2) is 11.6 Å². The highest BCUT2D eigenvalue weighted by atomic mass is 19.1. The summed E-state index contributed by atoms with van der Waals surface area (Å²) in [4.78, 5) is 28.2. The van der Waals surface area contributed by atoms with E-state index in [4.69, 9.17) is 5.73 Å². The lowest BCUT2D eigenvalue weighted by atomic mass is 10.1. The fourth-order valence-corrected chi connectivity index (χ4v) is 4.15. The Morgan fingerprint density at radius 3 is 2.34 bits per heavy atom. The normalized spacial score (nSPS) is 18.2. The fraction of sp³-hybridized carbons (Fsp3) is 0.444. The predicted octanol–water partition coefficient (Wildman–Crippen LogP) is 0.600. The molecular weight excluding hydrogens is 386 g/mol. The van der Waals surface area contributed by atoms with Gasteiger partial charge in [-0.3, -0.25) is 4.79 Å². The molecule has 5 rings (SSSR count). The van der Waals surface area contributed by atoms with E-state index >= 15 is 8.78 Å². The van der Waals surface area contributed by atoms with Gasteiger partial charge in [0.25, 0.3) is 5.56 Å². The first-order valence-corrected chi connectivity index (χ1v) is 9.43. The molecule has 1 aliphatic carbocycles. The smallest absolute Gasteiger partial charge is 0.370 e. The number of hydrogen-bond acceptors (Lipinski definition) is 6. The van der Waals surface area contributed by atoms with Crippen molar-refractivity contribution < 1.29 is 14.0 Å². The number of rotatable bonds is 2. The third kappa shape index (κ3) is 2.40. The number of hydrogen-bond donors (Lipinski definition) is 2. The van der Waals surface area contributed by atoms with Gasteiger partial charge in [-0.25, -0.2) is 18.0 Å². The van der Waals surface area contributed by atoms with Crippen LogP contribution in [0.3, 0.4) is 0 Å². The largest absolute Gasteiger partial charge is 0.421 e. The minimum Gasteiger partial charge on any atom is -0.421 e. The van der Waals surface area contributed by atoms with E-state index < -0.39 is 22.9 Å². The van der Waals surface area contributed by atoms with Crippen LogP contribution >= 0.6 is 0 Å². The third-order valence-electron chi connectivity index (χ3n) is 5.85. The van der Waals surface area contributed by atoms with E-state index in [1.807, 2.05) is 7.05 Å². The fourth-order valence-electron chi connectivity index (χ4n) is 4.15. The van der Waals surface area contributed by atoms with Crippen molar-refractivity contribution >= 4 is 28.1 Å². The predicted molar refractivity (Wildman–Crippen MR) is 103 cm³/mol. The molecule has 11 heteroatoms. The summed E-state index contributed by atoms with van der Waals surface area (Å²) in [5, 5.41) is 9.76. The van der Waals surface area contributed by atoms with E-state index in [1.54, 1.807) is 4.90 Å². The Balaban J connectivity index is 1.92. The molecule has 0 spiro atoms. The molecule has 0 amide bonds. The minimum atomic E-state index is -1.12. The summed E-state index contributed by atoms with van der Waals surface area (Å²) in [7, 11) is 1.93. The molecule has 2 fully saturated rings. The van der Waals surface area contributed by atoms with Crippen LogP contribution in [0.2, 0.25) is 0 Å². The van der Waals surface area contributed by atoms with Crippen LogP contribution in [0, 0.1) is 11.6 Å². The zero-order valence-electron chi connectivity index (χ0n) is 15.7. The van der Waals surface area contributed by atoms with Gasteiger partial charge in [-0.05, 0) is 19.9 Å². The number of likely N-dealkylation sites (N-methyl/N-ethyl adjacent to an activating group) is 1. The highest BCUT2D eigenvalue weighted by Gasteiger charge is 2.35. The molecule has 154 valence electrons. The van der Waals surface area contributed by atoms with Gasteiger partial charge in [0.2, 0.25) is 0 Å². The Morgan fingerprint density at radius 2 is 1.72 bits per heavy atom. The van der Waals surface area contributed by atoms with Gasteiger partial charge >= 0.3 is 5.69 Å². The van der Waals surface area contributed by atoms with Crippen molar-refractivity contribution in [1.29, 1.82) is 0 Å². The van der Waals surface area contributed by atoms with E-state index in [1.165, 1.54) is 4.57 Å². The Hall–Kier alpha value is -3.08. The maximum Gasteiger partial charge on any atom is 0.370 e. The minimum absolute atomic E-state index is 0.0250. The van der Waals surface area contributed by atoms with Crippen LogP contribution in [-0.4, -0.2) is 57.0 Å². The van der Waals surface area contributed by atoms with Gasteiger partial charge in [-0.15, -0.1) is 0 Å². The topological polar surface area (TPSA) is 101 Å². The van der Waals surface area contributed by atoms with Crippen molar-refractivity contribution in [3.63, 3.8) is 0 Å². The average Bonchev–Trinajstić information content (AvgIpc) is 3.47. The van der Waals surface area contributed by atoms with Crippen molar-refractivity contribution in [2.45, 2.75) is 18.9 Å². The molecule has 0 atom stereocenters. The van der Waals surface area contributed by atoms with Gasteiger partial charge in [0.05, 0.1) is 5.69 Å².